The Hall–Kier alpha value is -3.39. The molecule has 0 amide bonds. The van der Waals surface area contributed by atoms with Gasteiger partial charge in [-0.3, -0.25) is 0 Å². The summed E-state index contributed by atoms with van der Waals surface area (Å²) in [5, 5.41) is 7.57. The van der Waals surface area contributed by atoms with Crippen LogP contribution in [-0.4, -0.2) is 21.7 Å². The van der Waals surface area contributed by atoms with Crippen LogP contribution >= 0.6 is 11.6 Å². The Morgan fingerprint density at radius 1 is 1.03 bits per heavy atom. The first-order valence-electron chi connectivity index (χ1n) is 10.3. The van der Waals surface area contributed by atoms with Crippen molar-refractivity contribution in [1.82, 2.24) is 15.1 Å². The fourth-order valence-corrected chi connectivity index (χ4v) is 3.69. The van der Waals surface area contributed by atoms with Gasteiger partial charge in [0, 0.05) is 23.9 Å². The Labute approximate surface area is 193 Å². The molecule has 0 fully saturated rings. The van der Waals surface area contributed by atoms with E-state index in [9.17, 15) is 13.2 Å². The molecule has 2 aromatic carbocycles. The van der Waals surface area contributed by atoms with Gasteiger partial charge in [-0.05, 0) is 54.3 Å². The van der Waals surface area contributed by atoms with Crippen LogP contribution in [-0.2, 0) is 6.18 Å². The number of rotatable bonds is 6. The first kappa shape index (κ1) is 22.8. The highest BCUT2D eigenvalue weighted by Crippen LogP contribution is 2.39. The Morgan fingerprint density at radius 2 is 1.82 bits per heavy atom. The standard InChI is InChI=1S/C24H20ClF3N4O/c1-3-10-29-22-20(25)12-16(13-30-22)21-31-23(33-32-21)15-8-9-17(14(2)11-15)18-6-4-5-7-19(18)24(26,27)28/h4-9,11-13H,3,10H2,1-2H3,(H,29,30). The van der Waals surface area contributed by atoms with Crippen molar-refractivity contribution < 1.29 is 17.7 Å². The number of hydrogen-bond donors (Lipinski definition) is 1. The molecule has 0 unspecified atom stereocenters. The molecule has 33 heavy (non-hydrogen) atoms. The number of nitrogens with zero attached hydrogens (tertiary/aromatic N) is 3. The zero-order valence-electron chi connectivity index (χ0n) is 17.9. The lowest BCUT2D eigenvalue weighted by molar-refractivity contribution is -0.137. The fraction of sp³-hybridized carbons (Fsp3) is 0.208. The fourth-order valence-electron chi connectivity index (χ4n) is 3.46. The summed E-state index contributed by atoms with van der Waals surface area (Å²) in [6.07, 6.45) is -1.91. The Balaban J connectivity index is 1.63. The van der Waals surface area contributed by atoms with Gasteiger partial charge < -0.3 is 9.84 Å². The van der Waals surface area contributed by atoms with Crippen molar-refractivity contribution in [2.45, 2.75) is 26.4 Å². The molecule has 0 spiro atoms. The summed E-state index contributed by atoms with van der Waals surface area (Å²) < 4.78 is 45.7. The zero-order valence-corrected chi connectivity index (χ0v) is 18.6. The Bertz CT molecular complexity index is 1290. The van der Waals surface area contributed by atoms with Crippen molar-refractivity contribution in [2.75, 3.05) is 11.9 Å². The van der Waals surface area contributed by atoms with Gasteiger partial charge in [0.1, 0.15) is 5.82 Å². The van der Waals surface area contributed by atoms with E-state index in [4.69, 9.17) is 16.1 Å². The average Bonchev–Trinajstić information content (AvgIpc) is 3.28. The van der Waals surface area contributed by atoms with Gasteiger partial charge in [0.05, 0.1) is 10.6 Å². The first-order valence-corrected chi connectivity index (χ1v) is 10.7. The monoisotopic (exact) mass is 472 g/mol. The lowest BCUT2D eigenvalue weighted by atomic mass is 9.94. The number of anilines is 1. The molecule has 0 atom stereocenters. The maximum Gasteiger partial charge on any atom is 0.417 e. The molecule has 0 aliphatic carbocycles. The molecule has 0 bridgehead atoms. The van der Waals surface area contributed by atoms with Crippen molar-refractivity contribution in [3.8, 4) is 34.0 Å². The third-order valence-corrected chi connectivity index (χ3v) is 5.35. The predicted molar refractivity (Wildman–Crippen MR) is 122 cm³/mol. The highest BCUT2D eigenvalue weighted by atomic mass is 35.5. The lowest BCUT2D eigenvalue weighted by Gasteiger charge is -2.14. The predicted octanol–water partition coefficient (Wildman–Crippen LogP) is 7.27. The molecule has 0 saturated carbocycles. The third-order valence-electron chi connectivity index (χ3n) is 5.06. The molecule has 0 aliphatic rings. The maximum atomic E-state index is 13.4. The van der Waals surface area contributed by atoms with Crippen molar-refractivity contribution in [1.29, 1.82) is 0 Å². The average molecular weight is 473 g/mol. The smallest absolute Gasteiger partial charge is 0.369 e. The molecular formula is C24H20ClF3N4O. The summed E-state index contributed by atoms with van der Waals surface area (Å²) >= 11 is 6.29. The van der Waals surface area contributed by atoms with Gasteiger partial charge in [0.15, 0.2) is 0 Å². The van der Waals surface area contributed by atoms with Crippen molar-refractivity contribution in [3.05, 3.63) is 70.9 Å². The third kappa shape index (κ3) is 4.85. The van der Waals surface area contributed by atoms with Gasteiger partial charge in [-0.2, -0.15) is 18.2 Å². The highest BCUT2D eigenvalue weighted by molar-refractivity contribution is 6.33. The number of halogens is 4. The molecule has 0 aliphatic heterocycles. The van der Waals surface area contributed by atoms with E-state index in [0.717, 1.165) is 19.0 Å². The molecule has 5 nitrogen and oxygen atoms in total. The summed E-state index contributed by atoms with van der Waals surface area (Å²) in [5.41, 5.74) is 1.77. The van der Waals surface area contributed by atoms with Crippen molar-refractivity contribution >= 4 is 17.4 Å². The van der Waals surface area contributed by atoms with E-state index < -0.39 is 11.7 Å². The first-order chi connectivity index (χ1) is 15.8. The molecule has 1 N–H and O–H groups in total. The summed E-state index contributed by atoms with van der Waals surface area (Å²) in [7, 11) is 0. The highest BCUT2D eigenvalue weighted by Gasteiger charge is 2.33. The van der Waals surface area contributed by atoms with Gasteiger partial charge in [0.2, 0.25) is 5.82 Å². The molecule has 2 heterocycles. The van der Waals surface area contributed by atoms with Crippen LogP contribution in [0.25, 0.3) is 34.0 Å². The van der Waals surface area contributed by atoms with Gasteiger partial charge in [-0.15, -0.1) is 0 Å². The van der Waals surface area contributed by atoms with Crippen LogP contribution in [0.15, 0.2) is 59.3 Å². The number of aryl methyl sites for hydroxylation is 1. The van der Waals surface area contributed by atoms with Crippen LogP contribution < -0.4 is 5.32 Å². The number of alkyl halides is 3. The van der Waals surface area contributed by atoms with Crippen molar-refractivity contribution in [3.63, 3.8) is 0 Å². The Kier molecular flexibility index (Phi) is 6.37. The number of aromatic nitrogens is 3. The van der Waals surface area contributed by atoms with Crippen LogP contribution in [0.1, 0.15) is 24.5 Å². The summed E-state index contributed by atoms with van der Waals surface area (Å²) in [6, 6.07) is 12.2. The molecule has 2 aromatic heterocycles. The van der Waals surface area contributed by atoms with Gasteiger partial charge in [0.25, 0.3) is 5.89 Å². The minimum Gasteiger partial charge on any atom is -0.369 e. The Morgan fingerprint density at radius 3 is 2.52 bits per heavy atom. The van der Waals surface area contributed by atoms with E-state index in [1.165, 1.54) is 12.1 Å². The molecule has 4 aromatic rings. The normalized spacial score (nSPS) is 11.6. The van der Waals surface area contributed by atoms with E-state index in [1.54, 1.807) is 43.5 Å². The maximum absolute atomic E-state index is 13.4. The second kappa shape index (κ2) is 9.23. The van der Waals surface area contributed by atoms with Crippen LogP contribution in [0.4, 0.5) is 19.0 Å². The van der Waals surface area contributed by atoms with E-state index in [0.29, 0.717) is 38.9 Å². The van der Waals surface area contributed by atoms with E-state index >= 15 is 0 Å². The largest absolute Gasteiger partial charge is 0.417 e. The number of hydrogen-bond acceptors (Lipinski definition) is 5. The van der Waals surface area contributed by atoms with E-state index in [2.05, 4.69) is 20.4 Å². The molecular weight excluding hydrogens is 453 g/mol. The second-order valence-electron chi connectivity index (χ2n) is 7.48. The molecule has 170 valence electrons. The van der Waals surface area contributed by atoms with Crippen LogP contribution in [0.3, 0.4) is 0 Å². The van der Waals surface area contributed by atoms with Crippen LogP contribution in [0, 0.1) is 6.92 Å². The van der Waals surface area contributed by atoms with Crippen molar-refractivity contribution in [2.24, 2.45) is 0 Å². The van der Waals surface area contributed by atoms with Gasteiger partial charge in [-0.1, -0.05) is 47.9 Å². The number of pyridine rings is 1. The minimum absolute atomic E-state index is 0.123. The van der Waals surface area contributed by atoms with E-state index in [-0.39, 0.29) is 11.5 Å². The van der Waals surface area contributed by atoms with Crippen LogP contribution in [0.5, 0.6) is 0 Å². The topological polar surface area (TPSA) is 63.8 Å². The second-order valence-corrected chi connectivity index (χ2v) is 7.88. The number of nitrogens with one attached hydrogen (secondary N) is 1. The number of benzene rings is 2. The molecule has 0 radical (unpaired) electrons. The zero-order chi connectivity index (χ0) is 23.6. The lowest BCUT2D eigenvalue weighted by Crippen LogP contribution is -2.07. The van der Waals surface area contributed by atoms with Crippen LogP contribution in [0.2, 0.25) is 5.02 Å². The van der Waals surface area contributed by atoms with E-state index in [1.807, 2.05) is 6.92 Å². The summed E-state index contributed by atoms with van der Waals surface area (Å²) in [4.78, 5) is 8.71. The minimum atomic E-state index is -4.44. The summed E-state index contributed by atoms with van der Waals surface area (Å²) in [6.45, 7) is 4.54. The molecule has 9 heteroatoms. The SMILES string of the molecule is CCCNc1ncc(-c2noc(-c3ccc(-c4ccccc4C(F)(F)F)c(C)c3)n2)cc1Cl. The van der Waals surface area contributed by atoms with Gasteiger partial charge in [-0.25, -0.2) is 4.98 Å². The quantitative estimate of drug-likeness (QED) is 0.319. The summed E-state index contributed by atoms with van der Waals surface area (Å²) in [5.74, 6) is 1.13. The van der Waals surface area contributed by atoms with Gasteiger partial charge >= 0.3 is 6.18 Å². The molecule has 4 rings (SSSR count). The molecule has 0 saturated heterocycles.